The summed E-state index contributed by atoms with van der Waals surface area (Å²) in [6, 6.07) is 4.98. The van der Waals surface area contributed by atoms with Crippen LogP contribution >= 0.6 is 11.8 Å². The topological polar surface area (TPSA) is 106 Å². The fourth-order valence-corrected chi connectivity index (χ4v) is 5.50. The van der Waals surface area contributed by atoms with E-state index in [-0.39, 0.29) is 24.4 Å². The fourth-order valence-electron chi connectivity index (χ4n) is 3.20. The highest BCUT2D eigenvalue weighted by Crippen LogP contribution is 2.42. The summed E-state index contributed by atoms with van der Waals surface area (Å²) in [5.74, 6) is -0.893. The highest BCUT2D eigenvalue weighted by Gasteiger charge is 2.33. The van der Waals surface area contributed by atoms with Crippen LogP contribution in [0.15, 0.2) is 27.5 Å². The van der Waals surface area contributed by atoms with Gasteiger partial charge in [-0.25, -0.2) is 13.2 Å². The number of amidine groups is 1. The zero-order chi connectivity index (χ0) is 19.9. The molecule has 9 nitrogen and oxygen atoms in total. The number of hydrogen-bond acceptors (Lipinski definition) is 8. The van der Waals surface area contributed by atoms with Crippen LogP contribution in [0.25, 0.3) is 0 Å². The van der Waals surface area contributed by atoms with E-state index in [4.69, 9.17) is 9.47 Å². The van der Waals surface area contributed by atoms with E-state index in [1.807, 2.05) is 11.8 Å². The molecule has 0 bridgehead atoms. The average molecular weight is 425 g/mol. The summed E-state index contributed by atoms with van der Waals surface area (Å²) >= 11 is 1.20. The number of ether oxygens (including phenoxy) is 2. The number of sulfonamides is 1. The van der Waals surface area contributed by atoms with Crippen molar-refractivity contribution >= 4 is 44.5 Å². The molecule has 0 spiro atoms. The van der Waals surface area contributed by atoms with E-state index >= 15 is 0 Å². The number of hydrogen-bond donors (Lipinski definition) is 0. The van der Waals surface area contributed by atoms with E-state index in [0.717, 1.165) is 10.6 Å². The first-order valence-corrected chi connectivity index (χ1v) is 11.2. The summed E-state index contributed by atoms with van der Waals surface area (Å²) in [5.41, 5.74) is 1.12. The molecule has 150 valence electrons. The normalized spacial score (nSPS) is 22.9. The Bertz CT molecular complexity index is 962. The zero-order valence-electron chi connectivity index (χ0n) is 15.2. The van der Waals surface area contributed by atoms with Crippen LogP contribution < -0.4 is 4.90 Å². The van der Waals surface area contributed by atoms with Crippen LogP contribution in [0, 0.1) is 0 Å². The summed E-state index contributed by atoms with van der Waals surface area (Å²) in [5, 5.41) is 0.392. The van der Waals surface area contributed by atoms with Gasteiger partial charge in [0.15, 0.2) is 11.8 Å². The Hall–Kier alpha value is -2.11. The van der Waals surface area contributed by atoms with Crippen molar-refractivity contribution in [2.45, 2.75) is 17.9 Å². The van der Waals surface area contributed by atoms with Gasteiger partial charge in [0.05, 0.1) is 29.7 Å². The molecule has 1 aromatic carbocycles. The third kappa shape index (κ3) is 3.87. The third-order valence-electron chi connectivity index (χ3n) is 4.63. The van der Waals surface area contributed by atoms with Gasteiger partial charge >= 0.3 is 5.97 Å². The summed E-state index contributed by atoms with van der Waals surface area (Å²) in [6.45, 7) is 3.32. The fraction of sp³-hybridized carbons (Fsp3) is 0.471. The van der Waals surface area contributed by atoms with Crippen molar-refractivity contribution in [1.29, 1.82) is 0 Å². The number of esters is 1. The van der Waals surface area contributed by atoms with Crippen molar-refractivity contribution in [3.63, 3.8) is 0 Å². The van der Waals surface area contributed by atoms with Crippen molar-refractivity contribution in [1.82, 2.24) is 4.90 Å². The lowest BCUT2D eigenvalue weighted by Crippen LogP contribution is -2.46. The second-order valence-corrected chi connectivity index (χ2v) is 9.46. The smallest absolute Gasteiger partial charge is 0.338 e. The van der Waals surface area contributed by atoms with Crippen molar-refractivity contribution in [2.24, 2.45) is 4.40 Å². The third-order valence-corrected chi connectivity index (χ3v) is 6.94. The molecule has 3 aliphatic heterocycles. The summed E-state index contributed by atoms with van der Waals surface area (Å²) in [7, 11) is -3.43. The van der Waals surface area contributed by atoms with Gasteiger partial charge < -0.3 is 19.3 Å². The minimum absolute atomic E-state index is 0.0348. The van der Waals surface area contributed by atoms with Gasteiger partial charge in [-0.1, -0.05) is 0 Å². The lowest BCUT2D eigenvalue weighted by molar-refractivity contribution is -0.141. The van der Waals surface area contributed by atoms with E-state index in [1.165, 1.54) is 11.8 Å². The van der Waals surface area contributed by atoms with E-state index in [0.29, 0.717) is 37.0 Å². The standard InChI is InChI=1S/C17H19N3O6S2/c1-11-9-19(4-6-25-11)15(21)10-26-16(22)12-2-3-13-14(8-12)27-17-18-28(23,24)7-5-20(13)17/h2-3,8,11H,4-7,9-10H2,1H3. The summed E-state index contributed by atoms with van der Waals surface area (Å²) in [6.07, 6.45) is -0.0348. The van der Waals surface area contributed by atoms with Crippen LogP contribution in [0.1, 0.15) is 17.3 Å². The number of benzene rings is 1. The van der Waals surface area contributed by atoms with Gasteiger partial charge in [-0.05, 0) is 36.9 Å². The molecule has 3 heterocycles. The van der Waals surface area contributed by atoms with E-state index in [1.54, 1.807) is 23.1 Å². The number of anilines is 1. The largest absolute Gasteiger partial charge is 0.452 e. The minimum Gasteiger partial charge on any atom is -0.452 e. The average Bonchev–Trinajstić information content (AvgIpc) is 3.00. The summed E-state index contributed by atoms with van der Waals surface area (Å²) < 4.78 is 37.7. The Balaban J connectivity index is 1.41. The molecule has 1 unspecified atom stereocenters. The zero-order valence-corrected chi connectivity index (χ0v) is 16.8. The van der Waals surface area contributed by atoms with Crippen LogP contribution in [0.3, 0.4) is 0 Å². The Morgan fingerprint density at radius 2 is 2.18 bits per heavy atom. The summed E-state index contributed by atoms with van der Waals surface area (Å²) in [4.78, 5) is 28.7. The number of morpholine rings is 1. The van der Waals surface area contributed by atoms with Gasteiger partial charge in [0, 0.05) is 24.5 Å². The molecule has 11 heteroatoms. The number of carbonyl (C=O) groups is 2. The van der Waals surface area contributed by atoms with E-state index in [9.17, 15) is 18.0 Å². The Morgan fingerprint density at radius 3 is 2.96 bits per heavy atom. The number of rotatable bonds is 3. The van der Waals surface area contributed by atoms with Gasteiger partial charge in [0.2, 0.25) is 0 Å². The molecule has 0 aliphatic carbocycles. The molecule has 0 N–H and O–H groups in total. The molecular weight excluding hydrogens is 406 g/mol. The van der Waals surface area contributed by atoms with Crippen molar-refractivity contribution < 1.29 is 27.5 Å². The molecule has 0 saturated carbocycles. The Labute approximate surface area is 166 Å². The predicted molar refractivity (Wildman–Crippen MR) is 103 cm³/mol. The molecule has 1 amide bonds. The molecule has 1 fully saturated rings. The van der Waals surface area contributed by atoms with E-state index < -0.39 is 16.0 Å². The second kappa shape index (κ2) is 7.37. The molecule has 1 saturated heterocycles. The molecule has 4 rings (SSSR count). The molecule has 3 aliphatic rings. The Kier molecular flexibility index (Phi) is 5.06. The van der Waals surface area contributed by atoms with E-state index in [2.05, 4.69) is 4.40 Å². The minimum atomic E-state index is -3.43. The maximum atomic E-state index is 12.3. The molecule has 1 aromatic rings. The maximum absolute atomic E-state index is 12.3. The maximum Gasteiger partial charge on any atom is 0.338 e. The molecular formula is C17H19N3O6S2. The lowest BCUT2D eigenvalue weighted by Gasteiger charge is -2.30. The van der Waals surface area contributed by atoms with Crippen LogP contribution in [0.4, 0.5) is 5.69 Å². The van der Waals surface area contributed by atoms with Gasteiger partial charge in [-0.15, -0.1) is 4.40 Å². The van der Waals surface area contributed by atoms with Crippen molar-refractivity contribution in [3.8, 4) is 0 Å². The quantitative estimate of drug-likeness (QED) is 0.652. The van der Waals surface area contributed by atoms with Crippen molar-refractivity contribution in [3.05, 3.63) is 23.8 Å². The molecule has 28 heavy (non-hydrogen) atoms. The highest BCUT2D eigenvalue weighted by atomic mass is 32.2. The van der Waals surface area contributed by atoms with Gasteiger partial charge in [-0.3, -0.25) is 4.79 Å². The van der Waals surface area contributed by atoms with Crippen LogP contribution in [-0.4, -0.2) is 75.1 Å². The molecule has 0 radical (unpaired) electrons. The SMILES string of the molecule is CC1CN(C(=O)COC(=O)c2ccc3c(c2)SC2=NS(=O)(=O)CCN23)CCO1. The molecule has 0 aromatic heterocycles. The number of fused-ring (bicyclic) bond motifs is 3. The first-order chi connectivity index (χ1) is 13.3. The van der Waals surface area contributed by atoms with Gasteiger partial charge in [0.1, 0.15) is 0 Å². The van der Waals surface area contributed by atoms with Crippen LogP contribution in [-0.2, 0) is 24.3 Å². The predicted octanol–water partition coefficient (Wildman–Crippen LogP) is 0.702. The monoisotopic (exact) mass is 425 g/mol. The number of thioether (sulfide) groups is 1. The number of carbonyl (C=O) groups excluding carboxylic acids is 2. The van der Waals surface area contributed by atoms with Gasteiger partial charge in [-0.2, -0.15) is 0 Å². The van der Waals surface area contributed by atoms with Crippen molar-refractivity contribution in [2.75, 3.05) is 43.5 Å². The molecule has 1 atom stereocenters. The lowest BCUT2D eigenvalue weighted by atomic mass is 10.2. The number of amides is 1. The Morgan fingerprint density at radius 1 is 1.36 bits per heavy atom. The first kappa shape index (κ1) is 19.2. The van der Waals surface area contributed by atoms with Gasteiger partial charge in [0.25, 0.3) is 15.9 Å². The van der Waals surface area contributed by atoms with Crippen LogP contribution in [0.2, 0.25) is 0 Å². The number of nitrogens with zero attached hydrogens (tertiary/aromatic N) is 3. The van der Waals surface area contributed by atoms with Crippen LogP contribution in [0.5, 0.6) is 0 Å². The first-order valence-electron chi connectivity index (χ1n) is 8.81. The second-order valence-electron chi connectivity index (χ2n) is 6.69. The highest BCUT2D eigenvalue weighted by molar-refractivity contribution is 8.15.